The third-order valence-electron chi connectivity index (χ3n) is 10.1. The van der Waals surface area contributed by atoms with Crippen molar-refractivity contribution in [3.05, 3.63) is 175 Å². The Morgan fingerprint density at radius 3 is 1.74 bits per heavy atom. The van der Waals surface area contributed by atoms with Crippen LogP contribution in [0.3, 0.4) is 0 Å². The summed E-state index contributed by atoms with van der Waals surface area (Å²) in [6.45, 7) is 9.95. The van der Waals surface area contributed by atoms with Gasteiger partial charge in [-0.05, 0) is 164 Å². The van der Waals surface area contributed by atoms with Gasteiger partial charge in [-0.2, -0.15) is 0 Å². The highest BCUT2D eigenvalue weighted by atomic mass is 16.5. The maximum absolute atomic E-state index is 11.0. The third-order valence-corrected chi connectivity index (χ3v) is 10.1. The summed E-state index contributed by atoms with van der Waals surface area (Å²) in [6.07, 6.45) is 2.97. The second-order valence-electron chi connectivity index (χ2n) is 14.5. The van der Waals surface area contributed by atoms with E-state index < -0.39 is 0 Å². The van der Waals surface area contributed by atoms with Gasteiger partial charge in [-0.1, -0.05) is 65.7 Å². The van der Waals surface area contributed by atoms with Gasteiger partial charge in [0.25, 0.3) is 0 Å². The lowest BCUT2D eigenvalue weighted by atomic mass is 9.90. The van der Waals surface area contributed by atoms with Crippen molar-refractivity contribution in [2.45, 2.75) is 73.3 Å². The van der Waals surface area contributed by atoms with Gasteiger partial charge in [0.05, 0.1) is 0 Å². The van der Waals surface area contributed by atoms with Crippen LogP contribution in [-0.4, -0.2) is 25.5 Å². The number of aryl methyl sites for hydroxylation is 7. The second kappa shape index (κ2) is 15.8. The Labute approximate surface area is 312 Å². The number of hydrogen-bond acceptors (Lipinski definition) is 6. The average Bonchev–Trinajstić information content (AvgIpc) is 3.11. The van der Waals surface area contributed by atoms with Gasteiger partial charge in [-0.25, -0.2) is 0 Å². The molecule has 6 heteroatoms. The van der Waals surface area contributed by atoms with Crippen molar-refractivity contribution in [3.8, 4) is 34.5 Å². The highest BCUT2D eigenvalue weighted by Crippen LogP contribution is 2.33. The van der Waals surface area contributed by atoms with Crippen LogP contribution in [0.25, 0.3) is 0 Å². The van der Waals surface area contributed by atoms with Crippen LogP contribution in [0.2, 0.25) is 0 Å². The number of rotatable bonds is 12. The first-order valence-electron chi connectivity index (χ1n) is 18.1. The van der Waals surface area contributed by atoms with Crippen LogP contribution in [0, 0.1) is 34.6 Å². The molecule has 0 saturated carbocycles. The topological polar surface area (TPSA) is 110 Å². The highest BCUT2D eigenvalue weighted by Gasteiger charge is 2.16. The summed E-state index contributed by atoms with van der Waals surface area (Å²) < 4.78 is 6.35. The molecule has 6 rings (SSSR count). The zero-order chi connectivity index (χ0) is 37.8. The molecule has 0 atom stereocenters. The van der Waals surface area contributed by atoms with Crippen molar-refractivity contribution >= 4 is 0 Å². The van der Waals surface area contributed by atoms with Crippen molar-refractivity contribution in [1.82, 2.24) is 0 Å². The Morgan fingerprint density at radius 1 is 0.377 bits per heavy atom. The minimum Gasteiger partial charge on any atom is -0.508 e. The monoisotopic (exact) mass is 708 g/mol. The number of hydrogen-bond donors (Lipinski definition) is 5. The lowest BCUT2D eigenvalue weighted by molar-refractivity contribution is 0.296. The van der Waals surface area contributed by atoms with E-state index in [9.17, 15) is 25.5 Å². The van der Waals surface area contributed by atoms with Gasteiger partial charge < -0.3 is 30.3 Å². The van der Waals surface area contributed by atoms with Crippen LogP contribution in [0.1, 0.15) is 77.9 Å². The molecule has 0 radical (unpaired) electrons. The lowest BCUT2D eigenvalue weighted by Gasteiger charge is -2.17. The zero-order valence-electron chi connectivity index (χ0n) is 31.1. The number of ether oxygens (including phenoxy) is 1. The fourth-order valence-electron chi connectivity index (χ4n) is 6.98. The standard InChI is InChI=1S/C47H48O6/c1-28-6-12-44(50)39(16-28)25-40-17-29(2)7-15-47(40)53-27-41-24-37(30(3)20-46(41)52)23-38-19-32(5)45(51)26-35(38)10-11-36-22-34(9-14-43(36)49)21-33-8-13-42(48)31(4)18-33/h6-9,12-20,22,24,26,48-52H,10-11,21,23,25,27H2,1-5H3. The molecule has 5 N–H and O–H groups in total. The van der Waals surface area contributed by atoms with E-state index in [2.05, 4.69) is 6.07 Å². The quantitative estimate of drug-likeness (QED) is 0.0866. The fraction of sp³-hybridized carbons (Fsp3) is 0.234. The number of benzene rings is 6. The van der Waals surface area contributed by atoms with Crippen LogP contribution in [0.15, 0.2) is 97.1 Å². The SMILES string of the molecule is Cc1ccc(O)c(Cc2cc(C)ccc2OCc2cc(Cc3cc(C)c(O)cc3CCc3cc(Cc4ccc(O)c(C)c4)ccc3O)c(C)cc2O)c1. The second-order valence-corrected chi connectivity index (χ2v) is 14.5. The maximum Gasteiger partial charge on any atom is 0.123 e. The number of phenolic OH excluding ortho intramolecular Hbond substituents is 5. The van der Waals surface area contributed by atoms with E-state index in [0.717, 1.165) is 72.3 Å². The molecule has 0 bridgehead atoms. The Kier molecular flexibility index (Phi) is 11.0. The molecule has 0 aliphatic heterocycles. The molecule has 0 fully saturated rings. The zero-order valence-corrected chi connectivity index (χ0v) is 31.1. The Bertz CT molecular complexity index is 2290. The largest absolute Gasteiger partial charge is 0.508 e. The van der Waals surface area contributed by atoms with Crippen LogP contribution in [0.4, 0.5) is 0 Å². The van der Waals surface area contributed by atoms with E-state index in [-0.39, 0.29) is 35.4 Å². The average molecular weight is 709 g/mol. The summed E-state index contributed by atoms with van der Waals surface area (Å²) in [7, 11) is 0. The number of aromatic hydroxyl groups is 5. The fourth-order valence-corrected chi connectivity index (χ4v) is 6.98. The van der Waals surface area contributed by atoms with Crippen molar-refractivity contribution in [1.29, 1.82) is 0 Å². The molecule has 0 amide bonds. The minimum absolute atomic E-state index is 0.162. The Balaban J connectivity index is 1.21. The lowest BCUT2D eigenvalue weighted by Crippen LogP contribution is -2.04. The van der Waals surface area contributed by atoms with Crippen LogP contribution >= 0.6 is 0 Å². The van der Waals surface area contributed by atoms with Gasteiger partial charge in [-0.15, -0.1) is 0 Å². The summed E-state index contributed by atoms with van der Waals surface area (Å²) >= 11 is 0. The minimum atomic E-state index is 0.162. The first kappa shape index (κ1) is 36.9. The third kappa shape index (κ3) is 8.96. The summed E-state index contributed by atoms with van der Waals surface area (Å²) in [4.78, 5) is 0. The molecule has 0 aliphatic carbocycles. The molecule has 53 heavy (non-hydrogen) atoms. The molecule has 6 nitrogen and oxygen atoms in total. The van der Waals surface area contributed by atoms with Gasteiger partial charge in [0.1, 0.15) is 41.1 Å². The molecule has 0 spiro atoms. The molecule has 0 aliphatic rings. The van der Waals surface area contributed by atoms with Gasteiger partial charge in [-0.3, -0.25) is 0 Å². The van der Waals surface area contributed by atoms with Crippen molar-refractivity contribution < 1.29 is 30.3 Å². The van der Waals surface area contributed by atoms with E-state index in [4.69, 9.17) is 4.74 Å². The molecule has 6 aromatic rings. The van der Waals surface area contributed by atoms with E-state index in [0.29, 0.717) is 43.4 Å². The molecular formula is C47H48O6. The molecule has 0 saturated heterocycles. The molecule has 0 unspecified atom stereocenters. The summed E-state index contributed by atoms with van der Waals surface area (Å²) in [6, 6.07) is 30.5. The molecular weight excluding hydrogens is 661 g/mol. The number of phenols is 5. The van der Waals surface area contributed by atoms with Crippen molar-refractivity contribution in [2.24, 2.45) is 0 Å². The first-order valence-corrected chi connectivity index (χ1v) is 18.1. The molecule has 6 aromatic carbocycles. The van der Waals surface area contributed by atoms with Gasteiger partial charge in [0, 0.05) is 12.0 Å². The van der Waals surface area contributed by atoms with Gasteiger partial charge in [0.15, 0.2) is 0 Å². The molecule has 272 valence electrons. The molecule has 0 heterocycles. The van der Waals surface area contributed by atoms with Gasteiger partial charge in [0.2, 0.25) is 0 Å². The Hall–Kier alpha value is -5.88. The van der Waals surface area contributed by atoms with E-state index >= 15 is 0 Å². The van der Waals surface area contributed by atoms with Crippen molar-refractivity contribution in [3.63, 3.8) is 0 Å². The van der Waals surface area contributed by atoms with Crippen LogP contribution in [0.5, 0.6) is 34.5 Å². The van der Waals surface area contributed by atoms with Crippen LogP contribution < -0.4 is 4.74 Å². The first-order chi connectivity index (χ1) is 25.3. The normalized spacial score (nSPS) is 11.2. The van der Waals surface area contributed by atoms with E-state index in [1.807, 2.05) is 101 Å². The smallest absolute Gasteiger partial charge is 0.123 e. The van der Waals surface area contributed by atoms with Gasteiger partial charge >= 0.3 is 0 Å². The van der Waals surface area contributed by atoms with E-state index in [1.54, 1.807) is 24.3 Å². The maximum atomic E-state index is 11.0. The highest BCUT2D eigenvalue weighted by molar-refractivity contribution is 5.49. The van der Waals surface area contributed by atoms with E-state index in [1.165, 1.54) is 0 Å². The summed E-state index contributed by atoms with van der Waals surface area (Å²) in [5.74, 6) is 1.85. The Morgan fingerprint density at radius 2 is 0.981 bits per heavy atom. The molecule has 0 aromatic heterocycles. The summed E-state index contributed by atoms with van der Waals surface area (Å²) in [5, 5.41) is 53.0. The van der Waals surface area contributed by atoms with Crippen molar-refractivity contribution in [2.75, 3.05) is 0 Å². The predicted octanol–water partition coefficient (Wildman–Crippen LogP) is 9.89. The summed E-state index contributed by atoms with van der Waals surface area (Å²) in [5.41, 5.74) is 13.2. The van der Waals surface area contributed by atoms with Crippen LogP contribution in [-0.2, 0) is 38.7 Å². The predicted molar refractivity (Wildman–Crippen MR) is 211 cm³/mol.